The first kappa shape index (κ1) is 16.7. The normalized spacial score (nSPS) is 14.9. The molecule has 0 bridgehead atoms. The van der Waals surface area contributed by atoms with Crippen molar-refractivity contribution in [3.63, 3.8) is 0 Å². The Labute approximate surface area is 126 Å². The number of benzene rings is 1. The standard InChI is InChI=1S/C16H27BrN2/c1-12(2)18-10-13(3)14(4)19(5)11-15-8-6-7-9-16(15)17/h6-9,12-14,18H,10-11H2,1-5H3. The minimum absolute atomic E-state index is 0.554. The summed E-state index contributed by atoms with van der Waals surface area (Å²) in [5.41, 5.74) is 1.35. The van der Waals surface area contributed by atoms with E-state index >= 15 is 0 Å². The Morgan fingerprint density at radius 3 is 2.37 bits per heavy atom. The van der Waals surface area contributed by atoms with Crippen LogP contribution in [0.2, 0.25) is 0 Å². The second-order valence-corrected chi connectivity index (χ2v) is 6.64. The van der Waals surface area contributed by atoms with Crippen molar-refractivity contribution in [2.45, 2.75) is 46.3 Å². The predicted molar refractivity (Wildman–Crippen MR) is 87.4 cm³/mol. The van der Waals surface area contributed by atoms with Crippen LogP contribution in [0.25, 0.3) is 0 Å². The summed E-state index contributed by atoms with van der Waals surface area (Å²) >= 11 is 3.62. The van der Waals surface area contributed by atoms with Crippen LogP contribution >= 0.6 is 15.9 Å². The van der Waals surface area contributed by atoms with Gasteiger partial charge in [0.05, 0.1) is 0 Å². The lowest BCUT2D eigenvalue weighted by molar-refractivity contribution is 0.186. The van der Waals surface area contributed by atoms with Gasteiger partial charge in [-0.1, -0.05) is 54.9 Å². The van der Waals surface area contributed by atoms with Crippen LogP contribution in [0.1, 0.15) is 33.3 Å². The van der Waals surface area contributed by atoms with Crippen molar-refractivity contribution in [1.29, 1.82) is 0 Å². The molecule has 0 aromatic heterocycles. The van der Waals surface area contributed by atoms with Crippen LogP contribution < -0.4 is 5.32 Å². The monoisotopic (exact) mass is 326 g/mol. The van der Waals surface area contributed by atoms with Gasteiger partial charge in [0, 0.05) is 23.1 Å². The molecule has 0 saturated carbocycles. The van der Waals surface area contributed by atoms with Gasteiger partial charge in [-0.2, -0.15) is 0 Å². The zero-order valence-corrected chi connectivity index (χ0v) is 14.4. The van der Waals surface area contributed by atoms with Crippen molar-refractivity contribution in [2.24, 2.45) is 5.92 Å². The van der Waals surface area contributed by atoms with Gasteiger partial charge in [0.15, 0.2) is 0 Å². The van der Waals surface area contributed by atoms with Crippen molar-refractivity contribution in [3.05, 3.63) is 34.3 Å². The summed E-state index contributed by atoms with van der Waals surface area (Å²) in [5, 5.41) is 3.52. The number of nitrogens with one attached hydrogen (secondary N) is 1. The molecule has 19 heavy (non-hydrogen) atoms. The fourth-order valence-electron chi connectivity index (χ4n) is 2.07. The number of hydrogen-bond acceptors (Lipinski definition) is 2. The molecule has 1 aromatic rings. The molecule has 0 radical (unpaired) electrons. The zero-order chi connectivity index (χ0) is 14.4. The second kappa shape index (κ2) is 8.03. The average molecular weight is 327 g/mol. The maximum absolute atomic E-state index is 3.62. The fourth-order valence-corrected chi connectivity index (χ4v) is 2.48. The van der Waals surface area contributed by atoms with E-state index in [1.54, 1.807) is 0 Å². The van der Waals surface area contributed by atoms with Gasteiger partial charge in [-0.15, -0.1) is 0 Å². The maximum atomic E-state index is 3.62. The number of nitrogens with zero attached hydrogens (tertiary/aromatic N) is 1. The lowest BCUT2D eigenvalue weighted by Gasteiger charge is -2.31. The molecule has 3 heteroatoms. The van der Waals surface area contributed by atoms with E-state index < -0.39 is 0 Å². The predicted octanol–water partition coefficient (Wildman–Crippen LogP) is 3.90. The van der Waals surface area contributed by atoms with Crippen LogP contribution in [0.5, 0.6) is 0 Å². The Morgan fingerprint density at radius 1 is 1.16 bits per heavy atom. The summed E-state index contributed by atoms with van der Waals surface area (Å²) in [6.45, 7) is 11.1. The van der Waals surface area contributed by atoms with Gasteiger partial charge in [-0.25, -0.2) is 0 Å². The van der Waals surface area contributed by atoms with Crippen molar-refractivity contribution < 1.29 is 0 Å². The highest BCUT2D eigenvalue weighted by Crippen LogP contribution is 2.19. The van der Waals surface area contributed by atoms with Crippen LogP contribution in [0, 0.1) is 5.92 Å². The molecule has 0 aliphatic carbocycles. The molecule has 2 atom stereocenters. The largest absolute Gasteiger partial charge is 0.314 e. The van der Waals surface area contributed by atoms with E-state index in [1.165, 1.54) is 10.0 Å². The third kappa shape index (κ3) is 5.64. The first-order chi connectivity index (χ1) is 8.91. The molecule has 0 aliphatic rings. The summed E-state index contributed by atoms with van der Waals surface area (Å²) in [5.74, 6) is 0.634. The van der Waals surface area contributed by atoms with E-state index in [9.17, 15) is 0 Å². The number of hydrogen-bond donors (Lipinski definition) is 1. The highest BCUT2D eigenvalue weighted by atomic mass is 79.9. The van der Waals surface area contributed by atoms with Crippen molar-refractivity contribution in [2.75, 3.05) is 13.6 Å². The minimum Gasteiger partial charge on any atom is -0.314 e. The van der Waals surface area contributed by atoms with E-state index in [4.69, 9.17) is 0 Å². The average Bonchev–Trinajstić information content (AvgIpc) is 2.37. The lowest BCUT2D eigenvalue weighted by atomic mass is 10.0. The summed E-state index contributed by atoms with van der Waals surface area (Å²) in [4.78, 5) is 2.42. The first-order valence-electron chi connectivity index (χ1n) is 7.08. The third-order valence-corrected chi connectivity index (χ3v) is 4.52. The molecule has 1 N–H and O–H groups in total. The molecule has 2 unspecified atom stereocenters. The highest BCUT2D eigenvalue weighted by molar-refractivity contribution is 9.10. The first-order valence-corrected chi connectivity index (χ1v) is 7.88. The molecule has 1 aromatic carbocycles. The second-order valence-electron chi connectivity index (χ2n) is 5.79. The van der Waals surface area contributed by atoms with E-state index in [1.807, 2.05) is 0 Å². The third-order valence-electron chi connectivity index (χ3n) is 3.74. The molecule has 1 rings (SSSR count). The van der Waals surface area contributed by atoms with Crippen LogP contribution in [-0.2, 0) is 6.54 Å². The summed E-state index contributed by atoms with van der Waals surface area (Å²) in [7, 11) is 2.20. The topological polar surface area (TPSA) is 15.3 Å². The van der Waals surface area contributed by atoms with E-state index in [0.717, 1.165) is 13.1 Å². The molecule has 0 fully saturated rings. The summed E-state index contributed by atoms with van der Waals surface area (Å²) in [6.07, 6.45) is 0. The molecule has 0 aliphatic heterocycles. The molecule has 2 nitrogen and oxygen atoms in total. The Balaban J connectivity index is 2.52. The minimum atomic E-state index is 0.554. The van der Waals surface area contributed by atoms with Gasteiger partial charge in [0.1, 0.15) is 0 Å². The Bertz CT molecular complexity index is 379. The molecule has 0 saturated heterocycles. The molecule has 0 heterocycles. The molecular weight excluding hydrogens is 300 g/mol. The van der Waals surface area contributed by atoms with E-state index in [2.05, 4.69) is 85.2 Å². The van der Waals surface area contributed by atoms with Gasteiger partial charge >= 0.3 is 0 Å². The van der Waals surface area contributed by atoms with Gasteiger partial charge < -0.3 is 5.32 Å². The Kier molecular flexibility index (Phi) is 7.05. The van der Waals surface area contributed by atoms with Crippen molar-refractivity contribution in [3.8, 4) is 0 Å². The molecular formula is C16H27BrN2. The van der Waals surface area contributed by atoms with Crippen molar-refractivity contribution in [1.82, 2.24) is 10.2 Å². The zero-order valence-electron chi connectivity index (χ0n) is 12.8. The summed E-state index contributed by atoms with van der Waals surface area (Å²) < 4.78 is 1.20. The molecule has 108 valence electrons. The van der Waals surface area contributed by atoms with Crippen LogP contribution in [-0.4, -0.2) is 30.6 Å². The highest BCUT2D eigenvalue weighted by Gasteiger charge is 2.17. The smallest absolute Gasteiger partial charge is 0.0244 e. The number of rotatable bonds is 7. The van der Waals surface area contributed by atoms with E-state index in [0.29, 0.717) is 18.0 Å². The summed E-state index contributed by atoms with van der Waals surface area (Å²) in [6, 6.07) is 9.57. The quantitative estimate of drug-likeness (QED) is 0.817. The van der Waals surface area contributed by atoms with Crippen LogP contribution in [0.15, 0.2) is 28.7 Å². The van der Waals surface area contributed by atoms with Gasteiger partial charge in [0.2, 0.25) is 0 Å². The van der Waals surface area contributed by atoms with Gasteiger partial charge in [-0.05, 0) is 38.1 Å². The molecule has 0 amide bonds. The fraction of sp³-hybridized carbons (Fsp3) is 0.625. The Morgan fingerprint density at radius 2 is 1.79 bits per heavy atom. The van der Waals surface area contributed by atoms with Gasteiger partial charge in [-0.3, -0.25) is 4.90 Å². The van der Waals surface area contributed by atoms with Crippen molar-refractivity contribution >= 4 is 15.9 Å². The van der Waals surface area contributed by atoms with E-state index in [-0.39, 0.29) is 0 Å². The molecule has 0 spiro atoms. The van der Waals surface area contributed by atoms with Gasteiger partial charge in [0.25, 0.3) is 0 Å². The lowest BCUT2D eigenvalue weighted by Crippen LogP contribution is -2.40. The SMILES string of the molecule is CC(C)NCC(C)C(C)N(C)Cc1ccccc1Br. The van der Waals surface area contributed by atoms with Crippen LogP contribution in [0.4, 0.5) is 0 Å². The Hall–Kier alpha value is -0.380. The van der Waals surface area contributed by atoms with Crippen LogP contribution in [0.3, 0.4) is 0 Å². The maximum Gasteiger partial charge on any atom is 0.0244 e. The number of halogens is 1.